The molecule has 1 aliphatic heterocycles. The van der Waals surface area contributed by atoms with Crippen LogP contribution in [0.3, 0.4) is 0 Å². The summed E-state index contributed by atoms with van der Waals surface area (Å²) in [7, 11) is 0. The Bertz CT molecular complexity index is 515. The molecule has 1 aliphatic rings. The van der Waals surface area contributed by atoms with Crippen LogP contribution in [-0.2, 0) is 4.79 Å². The molecule has 0 aliphatic carbocycles. The van der Waals surface area contributed by atoms with Crippen LogP contribution in [0.15, 0.2) is 18.2 Å². The fraction of sp³-hybridized carbons (Fsp3) is 0.385. The van der Waals surface area contributed by atoms with E-state index in [2.05, 4.69) is 10.6 Å². The second-order valence-corrected chi connectivity index (χ2v) is 5.16. The summed E-state index contributed by atoms with van der Waals surface area (Å²) < 4.78 is 0. The Morgan fingerprint density at radius 1 is 1.61 bits per heavy atom. The maximum absolute atomic E-state index is 12.2. The molecule has 4 nitrogen and oxygen atoms in total. The van der Waals surface area contributed by atoms with Crippen LogP contribution in [0.25, 0.3) is 0 Å². The van der Waals surface area contributed by atoms with Crippen LogP contribution in [0, 0.1) is 16.7 Å². The first-order valence-electron chi connectivity index (χ1n) is 5.77. The van der Waals surface area contributed by atoms with Crippen molar-refractivity contribution in [1.82, 2.24) is 5.32 Å². The van der Waals surface area contributed by atoms with Gasteiger partial charge in [-0.05, 0) is 38.1 Å². The van der Waals surface area contributed by atoms with Crippen molar-refractivity contribution in [2.45, 2.75) is 13.3 Å². The quantitative estimate of drug-likeness (QED) is 0.859. The zero-order chi connectivity index (χ0) is 13.2. The molecule has 1 fully saturated rings. The van der Waals surface area contributed by atoms with E-state index < -0.39 is 5.41 Å². The molecular formula is C13H14ClN3O. The highest BCUT2D eigenvalue weighted by Crippen LogP contribution is 2.29. The predicted octanol–water partition coefficient (Wildman–Crippen LogP) is 2.15. The molecule has 0 radical (unpaired) electrons. The number of benzene rings is 1. The zero-order valence-corrected chi connectivity index (χ0v) is 10.8. The monoisotopic (exact) mass is 263 g/mol. The minimum Gasteiger partial charge on any atom is -0.324 e. The van der Waals surface area contributed by atoms with Crippen molar-refractivity contribution in [3.8, 4) is 6.07 Å². The van der Waals surface area contributed by atoms with Gasteiger partial charge in [0.15, 0.2) is 0 Å². The van der Waals surface area contributed by atoms with Gasteiger partial charge in [-0.3, -0.25) is 4.79 Å². The van der Waals surface area contributed by atoms with Gasteiger partial charge in [0.25, 0.3) is 0 Å². The first kappa shape index (κ1) is 12.9. The average molecular weight is 264 g/mol. The fourth-order valence-corrected chi connectivity index (χ4v) is 2.20. The van der Waals surface area contributed by atoms with E-state index in [1.165, 1.54) is 0 Å². The van der Waals surface area contributed by atoms with E-state index in [-0.39, 0.29) is 5.91 Å². The SMILES string of the molecule is CC1(C(=O)Nc2ccc(C#N)cc2Cl)CCNC1. The van der Waals surface area contributed by atoms with E-state index in [1.54, 1.807) is 18.2 Å². The van der Waals surface area contributed by atoms with Crippen LogP contribution >= 0.6 is 11.6 Å². The van der Waals surface area contributed by atoms with Gasteiger partial charge >= 0.3 is 0 Å². The number of rotatable bonds is 2. The Morgan fingerprint density at radius 3 is 2.94 bits per heavy atom. The summed E-state index contributed by atoms with van der Waals surface area (Å²) in [5.74, 6) is -0.0425. The Hall–Kier alpha value is -1.57. The van der Waals surface area contributed by atoms with E-state index in [4.69, 9.17) is 16.9 Å². The first-order valence-corrected chi connectivity index (χ1v) is 6.15. The van der Waals surface area contributed by atoms with Crippen molar-refractivity contribution in [1.29, 1.82) is 5.26 Å². The van der Waals surface area contributed by atoms with Crippen LogP contribution in [0.4, 0.5) is 5.69 Å². The van der Waals surface area contributed by atoms with Crippen molar-refractivity contribution in [2.75, 3.05) is 18.4 Å². The summed E-state index contributed by atoms with van der Waals surface area (Å²) in [6.07, 6.45) is 0.812. The van der Waals surface area contributed by atoms with Gasteiger partial charge < -0.3 is 10.6 Å². The summed E-state index contributed by atoms with van der Waals surface area (Å²) >= 11 is 6.02. The molecule has 1 heterocycles. The van der Waals surface area contributed by atoms with Gasteiger partial charge in [0.2, 0.25) is 5.91 Å². The minimum atomic E-state index is -0.392. The summed E-state index contributed by atoms with van der Waals surface area (Å²) in [5, 5.41) is 15.1. The Labute approximate surface area is 111 Å². The minimum absolute atomic E-state index is 0.0425. The molecule has 0 saturated carbocycles. The Kier molecular flexibility index (Phi) is 3.55. The second-order valence-electron chi connectivity index (χ2n) is 4.75. The molecule has 18 heavy (non-hydrogen) atoms. The van der Waals surface area contributed by atoms with Crippen molar-refractivity contribution >= 4 is 23.2 Å². The summed E-state index contributed by atoms with van der Waals surface area (Å²) in [6.45, 7) is 3.46. The summed E-state index contributed by atoms with van der Waals surface area (Å²) in [4.78, 5) is 12.2. The highest BCUT2D eigenvalue weighted by atomic mass is 35.5. The Morgan fingerprint density at radius 2 is 2.39 bits per heavy atom. The molecule has 1 aromatic rings. The first-order chi connectivity index (χ1) is 8.55. The number of nitriles is 1. The van der Waals surface area contributed by atoms with Crippen LogP contribution < -0.4 is 10.6 Å². The number of hydrogen-bond donors (Lipinski definition) is 2. The van der Waals surface area contributed by atoms with Crippen LogP contribution in [0.1, 0.15) is 18.9 Å². The van der Waals surface area contributed by atoms with Crippen LogP contribution in [0.5, 0.6) is 0 Å². The van der Waals surface area contributed by atoms with Gasteiger partial charge in [-0.1, -0.05) is 11.6 Å². The molecule has 2 N–H and O–H groups in total. The molecule has 1 atom stereocenters. The summed E-state index contributed by atoms with van der Waals surface area (Å²) in [5.41, 5.74) is 0.637. The van der Waals surface area contributed by atoms with Crippen molar-refractivity contribution < 1.29 is 4.79 Å². The molecule has 0 bridgehead atoms. The van der Waals surface area contributed by atoms with Crippen LogP contribution in [-0.4, -0.2) is 19.0 Å². The third kappa shape index (κ3) is 2.47. The molecule has 1 unspecified atom stereocenters. The van der Waals surface area contributed by atoms with E-state index in [0.717, 1.165) is 13.0 Å². The van der Waals surface area contributed by atoms with Crippen LogP contribution in [0.2, 0.25) is 5.02 Å². The van der Waals surface area contributed by atoms with Crippen molar-refractivity contribution in [3.63, 3.8) is 0 Å². The number of nitrogens with zero attached hydrogens (tertiary/aromatic N) is 1. The number of carbonyl (C=O) groups is 1. The third-order valence-corrected chi connectivity index (χ3v) is 3.58. The van der Waals surface area contributed by atoms with Gasteiger partial charge in [-0.15, -0.1) is 0 Å². The fourth-order valence-electron chi connectivity index (χ4n) is 1.97. The third-order valence-electron chi connectivity index (χ3n) is 3.26. The number of carbonyl (C=O) groups excluding carboxylic acids is 1. The summed E-state index contributed by atoms with van der Waals surface area (Å²) in [6, 6.07) is 6.84. The highest BCUT2D eigenvalue weighted by molar-refractivity contribution is 6.33. The number of amides is 1. The van der Waals surface area contributed by atoms with Crippen molar-refractivity contribution in [3.05, 3.63) is 28.8 Å². The number of anilines is 1. The van der Waals surface area contributed by atoms with Gasteiger partial charge in [0, 0.05) is 6.54 Å². The molecule has 2 rings (SSSR count). The lowest BCUT2D eigenvalue weighted by atomic mass is 9.89. The Balaban J connectivity index is 2.15. The molecule has 0 spiro atoms. The normalized spacial score (nSPS) is 22.5. The molecular weight excluding hydrogens is 250 g/mol. The predicted molar refractivity (Wildman–Crippen MR) is 70.4 cm³/mol. The molecule has 94 valence electrons. The maximum Gasteiger partial charge on any atom is 0.231 e. The molecule has 5 heteroatoms. The van der Waals surface area contributed by atoms with E-state index in [0.29, 0.717) is 22.8 Å². The maximum atomic E-state index is 12.2. The lowest BCUT2D eigenvalue weighted by Gasteiger charge is -2.21. The second kappa shape index (κ2) is 4.97. The lowest BCUT2D eigenvalue weighted by Crippen LogP contribution is -2.35. The van der Waals surface area contributed by atoms with Gasteiger partial charge in [0.1, 0.15) is 0 Å². The van der Waals surface area contributed by atoms with E-state index >= 15 is 0 Å². The highest BCUT2D eigenvalue weighted by Gasteiger charge is 2.36. The van der Waals surface area contributed by atoms with E-state index in [1.807, 2.05) is 13.0 Å². The average Bonchev–Trinajstić information content (AvgIpc) is 2.80. The zero-order valence-electron chi connectivity index (χ0n) is 10.1. The number of hydrogen-bond acceptors (Lipinski definition) is 3. The number of halogens is 1. The molecule has 1 amide bonds. The lowest BCUT2D eigenvalue weighted by molar-refractivity contribution is -0.123. The largest absolute Gasteiger partial charge is 0.324 e. The van der Waals surface area contributed by atoms with E-state index in [9.17, 15) is 4.79 Å². The van der Waals surface area contributed by atoms with Gasteiger partial charge in [-0.25, -0.2) is 0 Å². The molecule has 0 aromatic heterocycles. The molecule has 1 saturated heterocycles. The van der Waals surface area contributed by atoms with Gasteiger partial charge in [0.05, 0.1) is 27.8 Å². The topological polar surface area (TPSA) is 64.9 Å². The van der Waals surface area contributed by atoms with Crippen molar-refractivity contribution in [2.24, 2.45) is 5.41 Å². The standard InChI is InChI=1S/C13H14ClN3O/c1-13(4-5-16-8-13)12(18)17-11-3-2-9(7-15)6-10(11)14/h2-3,6,16H,4-5,8H2,1H3,(H,17,18). The number of nitrogens with one attached hydrogen (secondary N) is 2. The van der Waals surface area contributed by atoms with Gasteiger partial charge in [-0.2, -0.15) is 5.26 Å². The molecule has 1 aromatic carbocycles. The smallest absolute Gasteiger partial charge is 0.231 e.